The summed E-state index contributed by atoms with van der Waals surface area (Å²) in [6.07, 6.45) is 0. The third kappa shape index (κ3) is 3.44. The van der Waals surface area contributed by atoms with Crippen molar-refractivity contribution in [2.45, 2.75) is 0 Å². The molecule has 104 valence electrons. The highest BCUT2D eigenvalue weighted by Crippen LogP contribution is 2.38. The van der Waals surface area contributed by atoms with Gasteiger partial charge in [0.15, 0.2) is 0 Å². The van der Waals surface area contributed by atoms with E-state index in [1.807, 2.05) is 78.9 Å². The number of hydrogen-bond acceptors (Lipinski definition) is 2. The van der Waals surface area contributed by atoms with Crippen molar-refractivity contribution in [2.75, 3.05) is 0 Å². The van der Waals surface area contributed by atoms with Crippen molar-refractivity contribution in [3.8, 4) is 23.0 Å². The van der Waals surface area contributed by atoms with Crippen molar-refractivity contribution in [1.29, 1.82) is 0 Å². The molecule has 2 nitrogen and oxygen atoms in total. The quantitative estimate of drug-likeness (QED) is 0.576. The highest BCUT2D eigenvalue weighted by molar-refractivity contribution is 9.10. The van der Waals surface area contributed by atoms with Gasteiger partial charge in [0.25, 0.3) is 0 Å². The molecule has 0 fully saturated rings. The van der Waals surface area contributed by atoms with Gasteiger partial charge in [0.2, 0.25) is 0 Å². The van der Waals surface area contributed by atoms with Crippen LogP contribution in [-0.2, 0) is 0 Å². The van der Waals surface area contributed by atoms with E-state index < -0.39 is 0 Å². The van der Waals surface area contributed by atoms with E-state index in [0.29, 0.717) is 0 Å². The van der Waals surface area contributed by atoms with Crippen LogP contribution in [0.25, 0.3) is 0 Å². The van der Waals surface area contributed by atoms with Crippen molar-refractivity contribution < 1.29 is 9.47 Å². The molecule has 0 aliphatic rings. The average Bonchev–Trinajstić information content (AvgIpc) is 2.53. The first kappa shape index (κ1) is 13.7. The van der Waals surface area contributed by atoms with E-state index in [9.17, 15) is 0 Å². The van der Waals surface area contributed by atoms with Crippen LogP contribution in [0.2, 0.25) is 0 Å². The second kappa shape index (κ2) is 6.46. The maximum atomic E-state index is 5.86. The van der Waals surface area contributed by atoms with E-state index in [1.54, 1.807) is 0 Å². The van der Waals surface area contributed by atoms with Crippen LogP contribution in [0.15, 0.2) is 83.3 Å². The Labute approximate surface area is 132 Å². The topological polar surface area (TPSA) is 18.5 Å². The van der Waals surface area contributed by atoms with Gasteiger partial charge in [-0.1, -0.05) is 42.5 Å². The predicted molar refractivity (Wildman–Crippen MR) is 87.2 cm³/mol. The lowest BCUT2D eigenvalue weighted by atomic mass is 10.3. The Bertz CT molecular complexity index is 652. The summed E-state index contributed by atoms with van der Waals surface area (Å²) in [6, 6.07) is 25.0. The summed E-state index contributed by atoms with van der Waals surface area (Å²) in [5.41, 5.74) is 0. The Morgan fingerprint density at radius 3 is 1.38 bits per heavy atom. The lowest BCUT2D eigenvalue weighted by Gasteiger charge is -2.12. The smallest absolute Gasteiger partial charge is 0.145 e. The van der Waals surface area contributed by atoms with E-state index in [-0.39, 0.29) is 0 Å². The lowest BCUT2D eigenvalue weighted by molar-refractivity contribution is 0.455. The SMILES string of the molecule is Brc1c(Oc2ccccc2)cccc1Oc1ccccc1. The summed E-state index contributed by atoms with van der Waals surface area (Å²) in [6.45, 7) is 0. The molecule has 0 heterocycles. The fraction of sp³-hybridized carbons (Fsp3) is 0. The number of hydrogen-bond donors (Lipinski definition) is 0. The van der Waals surface area contributed by atoms with E-state index >= 15 is 0 Å². The monoisotopic (exact) mass is 340 g/mol. The average molecular weight is 341 g/mol. The van der Waals surface area contributed by atoms with E-state index in [2.05, 4.69) is 15.9 Å². The molecular formula is C18H13BrO2. The van der Waals surface area contributed by atoms with Gasteiger partial charge >= 0.3 is 0 Å². The molecule has 0 aliphatic carbocycles. The summed E-state index contributed by atoms with van der Waals surface area (Å²) in [7, 11) is 0. The fourth-order valence-electron chi connectivity index (χ4n) is 1.88. The van der Waals surface area contributed by atoms with Crippen LogP contribution >= 0.6 is 15.9 Å². The van der Waals surface area contributed by atoms with E-state index in [0.717, 1.165) is 27.5 Å². The third-order valence-corrected chi connectivity index (χ3v) is 3.65. The van der Waals surface area contributed by atoms with Gasteiger partial charge in [-0.15, -0.1) is 0 Å². The number of rotatable bonds is 4. The second-order valence-corrected chi connectivity index (χ2v) is 5.19. The third-order valence-electron chi connectivity index (χ3n) is 2.87. The summed E-state index contributed by atoms with van der Waals surface area (Å²) >= 11 is 3.55. The van der Waals surface area contributed by atoms with Gasteiger partial charge in [-0.3, -0.25) is 0 Å². The molecule has 0 spiro atoms. The van der Waals surface area contributed by atoms with Gasteiger partial charge in [-0.05, 0) is 52.3 Å². The molecule has 0 bridgehead atoms. The maximum absolute atomic E-state index is 5.86. The molecule has 0 aliphatic heterocycles. The first-order valence-electron chi connectivity index (χ1n) is 6.57. The van der Waals surface area contributed by atoms with Crippen LogP contribution in [0.5, 0.6) is 23.0 Å². The molecule has 3 aromatic rings. The van der Waals surface area contributed by atoms with E-state index in [1.165, 1.54) is 0 Å². The highest BCUT2D eigenvalue weighted by Gasteiger charge is 2.09. The van der Waals surface area contributed by atoms with Crippen LogP contribution in [0, 0.1) is 0 Å². The fourth-order valence-corrected chi connectivity index (χ4v) is 2.31. The molecule has 0 N–H and O–H groups in total. The molecule has 0 unspecified atom stereocenters. The molecule has 0 aromatic heterocycles. The summed E-state index contributed by atoms with van der Waals surface area (Å²) in [5.74, 6) is 3.01. The molecule has 3 aromatic carbocycles. The molecule has 0 saturated heterocycles. The van der Waals surface area contributed by atoms with Crippen LogP contribution < -0.4 is 9.47 Å². The zero-order valence-corrected chi connectivity index (χ0v) is 12.8. The number of benzene rings is 3. The molecule has 3 heteroatoms. The Kier molecular flexibility index (Phi) is 4.22. The largest absolute Gasteiger partial charge is 0.456 e. The van der Waals surface area contributed by atoms with Crippen molar-refractivity contribution in [2.24, 2.45) is 0 Å². The second-order valence-electron chi connectivity index (χ2n) is 4.40. The Morgan fingerprint density at radius 1 is 0.524 bits per heavy atom. The van der Waals surface area contributed by atoms with Crippen molar-refractivity contribution in [3.05, 3.63) is 83.3 Å². The minimum atomic E-state index is 0.717. The van der Waals surface area contributed by atoms with Crippen LogP contribution in [0.1, 0.15) is 0 Å². The Hall–Kier alpha value is -2.26. The summed E-state index contributed by atoms with van der Waals surface area (Å²) in [4.78, 5) is 0. The first-order chi connectivity index (χ1) is 10.3. The van der Waals surface area contributed by atoms with Crippen LogP contribution in [0.3, 0.4) is 0 Å². The molecule has 3 rings (SSSR count). The molecule has 0 atom stereocenters. The van der Waals surface area contributed by atoms with Crippen molar-refractivity contribution in [1.82, 2.24) is 0 Å². The maximum Gasteiger partial charge on any atom is 0.145 e. The highest BCUT2D eigenvalue weighted by atomic mass is 79.9. The lowest BCUT2D eigenvalue weighted by Crippen LogP contribution is -1.89. The van der Waals surface area contributed by atoms with Gasteiger partial charge in [-0.2, -0.15) is 0 Å². The number of halogens is 1. The zero-order valence-electron chi connectivity index (χ0n) is 11.2. The van der Waals surface area contributed by atoms with Crippen molar-refractivity contribution in [3.63, 3.8) is 0 Å². The molecule has 0 radical (unpaired) electrons. The number of ether oxygens (including phenoxy) is 2. The zero-order chi connectivity index (χ0) is 14.5. The minimum Gasteiger partial charge on any atom is -0.456 e. The van der Waals surface area contributed by atoms with Gasteiger partial charge in [-0.25, -0.2) is 0 Å². The minimum absolute atomic E-state index is 0.717. The van der Waals surface area contributed by atoms with Crippen LogP contribution in [0.4, 0.5) is 0 Å². The van der Waals surface area contributed by atoms with Crippen molar-refractivity contribution >= 4 is 15.9 Å². The molecular weight excluding hydrogens is 328 g/mol. The van der Waals surface area contributed by atoms with E-state index in [4.69, 9.17) is 9.47 Å². The molecule has 0 amide bonds. The first-order valence-corrected chi connectivity index (χ1v) is 7.36. The van der Waals surface area contributed by atoms with Gasteiger partial charge in [0.05, 0.1) is 0 Å². The predicted octanol–water partition coefficient (Wildman–Crippen LogP) is 6.03. The standard InChI is InChI=1S/C18H13BrO2/c19-18-16(20-14-8-3-1-4-9-14)12-7-13-17(18)21-15-10-5-2-6-11-15/h1-13H. The normalized spacial score (nSPS) is 10.1. The Balaban J connectivity index is 1.85. The number of para-hydroxylation sites is 2. The summed E-state index contributed by atoms with van der Waals surface area (Å²) < 4.78 is 12.5. The Morgan fingerprint density at radius 2 is 0.952 bits per heavy atom. The van der Waals surface area contributed by atoms with Gasteiger partial charge < -0.3 is 9.47 Å². The van der Waals surface area contributed by atoms with Gasteiger partial charge in [0.1, 0.15) is 27.5 Å². The molecule has 21 heavy (non-hydrogen) atoms. The van der Waals surface area contributed by atoms with Crippen LogP contribution in [-0.4, -0.2) is 0 Å². The summed E-state index contributed by atoms with van der Waals surface area (Å²) in [5, 5.41) is 0. The van der Waals surface area contributed by atoms with Gasteiger partial charge in [0, 0.05) is 0 Å². The molecule has 0 saturated carbocycles.